The van der Waals surface area contributed by atoms with E-state index in [4.69, 9.17) is 16.3 Å². The summed E-state index contributed by atoms with van der Waals surface area (Å²) >= 11 is 7.59. The van der Waals surface area contributed by atoms with Gasteiger partial charge in [-0.2, -0.15) is 0 Å². The van der Waals surface area contributed by atoms with Crippen LogP contribution in [0.3, 0.4) is 0 Å². The second-order valence-corrected chi connectivity index (χ2v) is 8.40. The lowest BCUT2D eigenvalue weighted by molar-refractivity contribution is -0.123. The molecule has 1 amide bonds. The van der Waals surface area contributed by atoms with E-state index in [0.29, 0.717) is 9.90 Å². The summed E-state index contributed by atoms with van der Waals surface area (Å²) in [4.78, 5) is 25.5. The van der Waals surface area contributed by atoms with E-state index < -0.39 is 12.1 Å². The van der Waals surface area contributed by atoms with Gasteiger partial charge in [-0.05, 0) is 37.0 Å². The molecule has 0 radical (unpaired) electrons. The van der Waals surface area contributed by atoms with Crippen LogP contribution in [0.5, 0.6) is 0 Å². The molecular weight excluding hydrogens is 394 g/mol. The number of carbonyl (C=O) groups excluding carboxylic acids is 2. The van der Waals surface area contributed by atoms with Crippen LogP contribution in [0.4, 0.5) is 5.69 Å². The van der Waals surface area contributed by atoms with Crippen molar-refractivity contribution in [2.75, 3.05) is 5.32 Å². The van der Waals surface area contributed by atoms with Crippen LogP contribution in [0.15, 0.2) is 42.5 Å². The number of carbonyl (C=O) groups is 2. The zero-order valence-corrected chi connectivity index (χ0v) is 17.8. The SMILES string of the molecule is Cc1cccc(C(C)C)c1NC(=O)[C@@H](C)OC(=O)c1sc2ccccc2c1Cl. The Balaban J connectivity index is 1.76. The van der Waals surface area contributed by atoms with Gasteiger partial charge in [0.2, 0.25) is 0 Å². The van der Waals surface area contributed by atoms with Crippen LogP contribution in [0, 0.1) is 6.92 Å². The number of aryl methyl sites for hydroxylation is 1. The molecule has 6 heteroatoms. The van der Waals surface area contributed by atoms with E-state index in [2.05, 4.69) is 19.2 Å². The number of esters is 1. The Kier molecular flexibility index (Phi) is 6.06. The van der Waals surface area contributed by atoms with Crippen LogP contribution in [0.25, 0.3) is 10.1 Å². The molecule has 0 spiro atoms. The average molecular weight is 416 g/mol. The van der Waals surface area contributed by atoms with Crippen molar-refractivity contribution in [2.45, 2.75) is 39.7 Å². The highest BCUT2D eigenvalue weighted by Gasteiger charge is 2.24. The van der Waals surface area contributed by atoms with Crippen molar-refractivity contribution in [3.05, 3.63) is 63.5 Å². The zero-order valence-electron chi connectivity index (χ0n) is 16.2. The summed E-state index contributed by atoms with van der Waals surface area (Å²) in [6.07, 6.45) is -0.951. The van der Waals surface area contributed by atoms with Gasteiger partial charge in [-0.1, -0.05) is 61.8 Å². The van der Waals surface area contributed by atoms with Crippen molar-refractivity contribution < 1.29 is 14.3 Å². The Morgan fingerprint density at radius 1 is 1.07 bits per heavy atom. The fourth-order valence-electron chi connectivity index (χ4n) is 2.98. The van der Waals surface area contributed by atoms with Gasteiger partial charge >= 0.3 is 5.97 Å². The van der Waals surface area contributed by atoms with Crippen LogP contribution in [-0.4, -0.2) is 18.0 Å². The largest absolute Gasteiger partial charge is 0.448 e. The Morgan fingerprint density at radius 2 is 1.79 bits per heavy atom. The van der Waals surface area contributed by atoms with Gasteiger partial charge in [0.1, 0.15) is 4.88 Å². The number of nitrogens with one attached hydrogen (secondary N) is 1. The standard InChI is InChI=1S/C22H22ClNO3S/c1-12(2)15-10-7-8-13(3)19(15)24-21(25)14(4)27-22(26)20-18(23)16-9-5-6-11-17(16)28-20/h5-12,14H,1-4H3,(H,24,25)/t14-/m1/s1. The number of ether oxygens (including phenoxy) is 1. The molecule has 3 rings (SSSR count). The molecule has 2 aromatic carbocycles. The first kappa shape index (κ1) is 20.4. The number of thiophene rings is 1. The number of fused-ring (bicyclic) bond motifs is 1. The predicted molar refractivity (Wildman–Crippen MR) is 116 cm³/mol. The number of anilines is 1. The van der Waals surface area contributed by atoms with Gasteiger partial charge in [-0.25, -0.2) is 4.79 Å². The van der Waals surface area contributed by atoms with Crippen molar-refractivity contribution >= 4 is 50.6 Å². The maximum Gasteiger partial charge on any atom is 0.350 e. The molecule has 0 bridgehead atoms. The molecule has 1 atom stereocenters. The van der Waals surface area contributed by atoms with Gasteiger partial charge in [0.25, 0.3) is 5.91 Å². The van der Waals surface area contributed by atoms with Crippen LogP contribution in [0.1, 0.15) is 47.5 Å². The summed E-state index contributed by atoms with van der Waals surface area (Å²) in [5.41, 5.74) is 2.77. The number of para-hydroxylation sites is 1. The number of benzene rings is 2. The third-order valence-corrected chi connectivity index (χ3v) is 6.20. The summed E-state index contributed by atoms with van der Waals surface area (Å²) < 4.78 is 6.30. The number of hydrogen-bond acceptors (Lipinski definition) is 4. The summed E-state index contributed by atoms with van der Waals surface area (Å²) in [5, 5.41) is 4.08. The third kappa shape index (κ3) is 4.05. The molecule has 3 aromatic rings. The van der Waals surface area contributed by atoms with E-state index in [0.717, 1.165) is 26.9 Å². The molecule has 146 valence electrons. The van der Waals surface area contributed by atoms with Crippen molar-refractivity contribution in [2.24, 2.45) is 0 Å². The third-order valence-electron chi connectivity index (χ3n) is 4.55. The van der Waals surface area contributed by atoms with Gasteiger partial charge in [0.05, 0.1) is 5.02 Å². The van der Waals surface area contributed by atoms with Crippen LogP contribution < -0.4 is 5.32 Å². The van der Waals surface area contributed by atoms with Crippen LogP contribution >= 0.6 is 22.9 Å². The predicted octanol–water partition coefficient (Wildman–Crippen LogP) is 6.17. The zero-order chi connectivity index (χ0) is 20.4. The molecule has 0 saturated heterocycles. The highest BCUT2D eigenvalue weighted by molar-refractivity contribution is 7.21. The molecule has 0 saturated carbocycles. The molecule has 1 aromatic heterocycles. The van der Waals surface area contributed by atoms with Crippen molar-refractivity contribution in [3.8, 4) is 0 Å². The lowest BCUT2D eigenvalue weighted by Crippen LogP contribution is -2.30. The van der Waals surface area contributed by atoms with Gasteiger partial charge in [-0.15, -0.1) is 11.3 Å². The Hall–Kier alpha value is -2.37. The molecule has 1 N–H and O–H groups in total. The first-order chi connectivity index (χ1) is 13.3. The first-order valence-electron chi connectivity index (χ1n) is 9.08. The van der Waals surface area contributed by atoms with E-state index in [1.807, 2.05) is 49.4 Å². The number of halogens is 1. The van der Waals surface area contributed by atoms with Crippen molar-refractivity contribution in [1.29, 1.82) is 0 Å². The molecule has 0 aliphatic carbocycles. The molecule has 0 aliphatic heterocycles. The monoisotopic (exact) mass is 415 g/mol. The highest BCUT2D eigenvalue weighted by atomic mass is 35.5. The van der Waals surface area contributed by atoms with Crippen LogP contribution in [0.2, 0.25) is 5.02 Å². The number of amides is 1. The normalized spacial score (nSPS) is 12.2. The molecule has 0 fully saturated rings. The molecule has 4 nitrogen and oxygen atoms in total. The van der Waals surface area contributed by atoms with E-state index in [1.165, 1.54) is 11.3 Å². The quantitative estimate of drug-likeness (QED) is 0.507. The van der Waals surface area contributed by atoms with E-state index in [-0.39, 0.29) is 11.8 Å². The Bertz CT molecular complexity index is 1040. The summed E-state index contributed by atoms with van der Waals surface area (Å²) in [7, 11) is 0. The van der Waals surface area contributed by atoms with Gasteiger partial charge < -0.3 is 10.1 Å². The molecule has 1 heterocycles. The Labute approximate surface area is 173 Å². The van der Waals surface area contributed by atoms with Gasteiger partial charge in [0, 0.05) is 15.8 Å². The van der Waals surface area contributed by atoms with E-state index in [9.17, 15) is 9.59 Å². The van der Waals surface area contributed by atoms with Crippen molar-refractivity contribution in [3.63, 3.8) is 0 Å². The van der Waals surface area contributed by atoms with Gasteiger partial charge in [-0.3, -0.25) is 4.79 Å². The number of rotatable bonds is 5. The van der Waals surface area contributed by atoms with E-state index >= 15 is 0 Å². The lowest BCUT2D eigenvalue weighted by Gasteiger charge is -2.19. The Morgan fingerprint density at radius 3 is 2.46 bits per heavy atom. The summed E-state index contributed by atoms with van der Waals surface area (Å²) in [5.74, 6) is -0.713. The second kappa shape index (κ2) is 8.33. The second-order valence-electron chi connectivity index (χ2n) is 6.97. The lowest BCUT2D eigenvalue weighted by atomic mass is 9.98. The first-order valence-corrected chi connectivity index (χ1v) is 10.3. The van der Waals surface area contributed by atoms with Crippen LogP contribution in [-0.2, 0) is 9.53 Å². The topological polar surface area (TPSA) is 55.4 Å². The average Bonchev–Trinajstić information content (AvgIpc) is 3.00. The minimum atomic E-state index is -0.951. The maximum absolute atomic E-state index is 12.6. The fraction of sp³-hybridized carbons (Fsp3) is 0.273. The molecule has 0 aliphatic rings. The summed E-state index contributed by atoms with van der Waals surface area (Å²) in [6, 6.07) is 13.4. The molecular formula is C22H22ClNO3S. The number of hydrogen-bond donors (Lipinski definition) is 1. The highest BCUT2D eigenvalue weighted by Crippen LogP contribution is 2.35. The maximum atomic E-state index is 12.6. The van der Waals surface area contributed by atoms with Gasteiger partial charge in [0.15, 0.2) is 6.10 Å². The minimum Gasteiger partial charge on any atom is -0.448 e. The molecule has 28 heavy (non-hydrogen) atoms. The minimum absolute atomic E-state index is 0.255. The fourth-order valence-corrected chi connectivity index (χ4v) is 4.37. The summed E-state index contributed by atoms with van der Waals surface area (Å²) in [6.45, 7) is 7.63. The van der Waals surface area contributed by atoms with E-state index in [1.54, 1.807) is 6.92 Å². The van der Waals surface area contributed by atoms with Crippen molar-refractivity contribution in [1.82, 2.24) is 0 Å². The smallest absolute Gasteiger partial charge is 0.350 e. The molecule has 0 unspecified atom stereocenters.